The fraction of sp³-hybridized carbons (Fsp3) is 0.471. The average molecular weight is 269 g/mol. The molecule has 1 aromatic carbocycles. The Balaban J connectivity index is 2.19. The molecule has 2 aromatic rings. The maximum atomic E-state index is 6.42. The Bertz CT molecular complexity index is 648. The van der Waals surface area contributed by atoms with Crippen LogP contribution in [0.4, 0.5) is 5.82 Å². The van der Waals surface area contributed by atoms with Gasteiger partial charge in [-0.1, -0.05) is 17.7 Å². The van der Waals surface area contributed by atoms with Gasteiger partial charge >= 0.3 is 0 Å². The first-order chi connectivity index (χ1) is 9.49. The van der Waals surface area contributed by atoms with E-state index in [-0.39, 0.29) is 0 Å². The third kappa shape index (κ3) is 2.11. The first-order valence-corrected chi connectivity index (χ1v) is 7.44. The van der Waals surface area contributed by atoms with Gasteiger partial charge in [-0.15, -0.1) is 0 Å². The Kier molecular flexibility index (Phi) is 3.08. The molecular weight excluding hydrogens is 246 g/mol. The van der Waals surface area contributed by atoms with Crippen molar-refractivity contribution in [3.05, 3.63) is 35.2 Å². The lowest BCUT2D eigenvalue weighted by Gasteiger charge is -2.13. The van der Waals surface area contributed by atoms with Crippen LogP contribution < -0.4 is 5.73 Å². The van der Waals surface area contributed by atoms with E-state index in [0.717, 1.165) is 11.5 Å². The van der Waals surface area contributed by atoms with E-state index in [9.17, 15) is 0 Å². The zero-order valence-electron chi connectivity index (χ0n) is 12.8. The number of anilines is 1. The third-order valence-corrected chi connectivity index (χ3v) is 4.08. The largest absolute Gasteiger partial charge is 0.383 e. The summed E-state index contributed by atoms with van der Waals surface area (Å²) in [5.41, 5.74) is 11.0. The number of nitrogens with two attached hydrogens (primary N) is 1. The van der Waals surface area contributed by atoms with Gasteiger partial charge in [0.15, 0.2) is 0 Å². The van der Waals surface area contributed by atoms with Crippen LogP contribution in [0.1, 0.15) is 55.6 Å². The molecule has 3 rings (SSSR count). The highest BCUT2D eigenvalue weighted by atomic mass is 15.2. The lowest BCUT2D eigenvalue weighted by Crippen LogP contribution is -2.09. The number of imidazole rings is 1. The van der Waals surface area contributed by atoms with Gasteiger partial charge in [-0.3, -0.25) is 0 Å². The Morgan fingerprint density at radius 3 is 2.55 bits per heavy atom. The molecule has 0 radical (unpaired) electrons. The van der Waals surface area contributed by atoms with Crippen molar-refractivity contribution >= 4 is 5.82 Å². The van der Waals surface area contributed by atoms with Crippen molar-refractivity contribution < 1.29 is 0 Å². The predicted molar refractivity (Wildman–Crippen MR) is 83.9 cm³/mol. The SMILES string of the molecule is Cc1ccc(C)c(-c2nc(C3CC3)n(C(C)C)c2N)c1. The van der Waals surface area contributed by atoms with Crippen molar-refractivity contribution in [3.8, 4) is 11.3 Å². The molecule has 1 saturated carbocycles. The zero-order chi connectivity index (χ0) is 14.4. The molecule has 1 fully saturated rings. The van der Waals surface area contributed by atoms with E-state index in [0.29, 0.717) is 12.0 Å². The molecule has 106 valence electrons. The summed E-state index contributed by atoms with van der Waals surface area (Å²) in [7, 11) is 0. The average Bonchev–Trinajstić information content (AvgIpc) is 3.16. The Morgan fingerprint density at radius 1 is 1.25 bits per heavy atom. The molecule has 2 N–H and O–H groups in total. The Hall–Kier alpha value is -1.77. The number of aryl methyl sites for hydroxylation is 2. The van der Waals surface area contributed by atoms with Crippen molar-refractivity contribution in [2.75, 3.05) is 5.73 Å². The first kappa shape index (κ1) is 13.2. The van der Waals surface area contributed by atoms with Crippen molar-refractivity contribution in [1.82, 2.24) is 9.55 Å². The van der Waals surface area contributed by atoms with Gasteiger partial charge < -0.3 is 10.3 Å². The first-order valence-electron chi connectivity index (χ1n) is 7.44. The molecule has 0 amide bonds. The molecule has 0 atom stereocenters. The van der Waals surface area contributed by atoms with Crippen molar-refractivity contribution in [2.45, 2.75) is 52.5 Å². The van der Waals surface area contributed by atoms with Crippen LogP contribution in [0.15, 0.2) is 18.2 Å². The van der Waals surface area contributed by atoms with Crippen LogP contribution in [-0.4, -0.2) is 9.55 Å². The number of aromatic nitrogens is 2. The summed E-state index contributed by atoms with van der Waals surface area (Å²) in [4.78, 5) is 4.90. The molecule has 0 spiro atoms. The van der Waals surface area contributed by atoms with Crippen molar-refractivity contribution in [2.24, 2.45) is 0 Å². The molecule has 0 saturated heterocycles. The standard InChI is InChI=1S/C17H23N3/c1-10(2)20-16(18)15(19-17(20)13-7-8-13)14-9-11(3)5-6-12(14)4/h5-6,9-10,13H,7-8,18H2,1-4H3. The number of rotatable bonds is 3. The summed E-state index contributed by atoms with van der Waals surface area (Å²) in [6.07, 6.45) is 2.49. The highest BCUT2D eigenvalue weighted by molar-refractivity contribution is 5.74. The second-order valence-corrected chi connectivity index (χ2v) is 6.26. The lowest BCUT2D eigenvalue weighted by atomic mass is 10.0. The highest BCUT2D eigenvalue weighted by Gasteiger charge is 2.32. The molecule has 20 heavy (non-hydrogen) atoms. The van der Waals surface area contributed by atoms with Crippen molar-refractivity contribution in [3.63, 3.8) is 0 Å². The highest BCUT2D eigenvalue weighted by Crippen LogP contribution is 2.43. The van der Waals surface area contributed by atoms with E-state index in [2.05, 4.69) is 50.5 Å². The Morgan fingerprint density at radius 2 is 1.95 bits per heavy atom. The molecule has 3 nitrogen and oxygen atoms in total. The van der Waals surface area contributed by atoms with Crippen LogP contribution in [0.2, 0.25) is 0 Å². The zero-order valence-corrected chi connectivity index (χ0v) is 12.8. The Labute approximate surface area is 120 Å². The summed E-state index contributed by atoms with van der Waals surface area (Å²) in [6.45, 7) is 8.59. The number of benzene rings is 1. The quantitative estimate of drug-likeness (QED) is 0.907. The number of hydrogen-bond donors (Lipinski definition) is 1. The van der Waals surface area contributed by atoms with E-state index in [4.69, 9.17) is 10.7 Å². The molecule has 1 aliphatic carbocycles. The van der Waals surface area contributed by atoms with Gasteiger partial charge in [0.1, 0.15) is 17.3 Å². The molecule has 1 aliphatic rings. The van der Waals surface area contributed by atoms with Gasteiger partial charge in [0.2, 0.25) is 0 Å². The summed E-state index contributed by atoms with van der Waals surface area (Å²) < 4.78 is 2.22. The summed E-state index contributed by atoms with van der Waals surface area (Å²) in [5, 5.41) is 0. The van der Waals surface area contributed by atoms with Crippen molar-refractivity contribution in [1.29, 1.82) is 0 Å². The normalized spacial score (nSPS) is 15.1. The van der Waals surface area contributed by atoms with Gasteiger partial charge in [-0.2, -0.15) is 0 Å². The fourth-order valence-electron chi connectivity index (χ4n) is 2.82. The van der Waals surface area contributed by atoms with Crippen LogP contribution in [0.3, 0.4) is 0 Å². The van der Waals surface area contributed by atoms with Crippen LogP contribution >= 0.6 is 0 Å². The minimum absolute atomic E-state index is 0.358. The van der Waals surface area contributed by atoms with E-state index in [1.165, 1.54) is 35.4 Å². The second kappa shape index (κ2) is 4.65. The van der Waals surface area contributed by atoms with Crippen LogP contribution in [0, 0.1) is 13.8 Å². The minimum Gasteiger partial charge on any atom is -0.383 e. The monoisotopic (exact) mass is 269 g/mol. The van der Waals surface area contributed by atoms with Gasteiger partial charge in [0.05, 0.1) is 0 Å². The smallest absolute Gasteiger partial charge is 0.131 e. The molecular formula is C17H23N3. The van der Waals surface area contributed by atoms with Crippen LogP contribution in [-0.2, 0) is 0 Å². The molecule has 1 heterocycles. The predicted octanol–water partition coefficient (Wildman–Crippen LogP) is 4.21. The maximum absolute atomic E-state index is 6.42. The maximum Gasteiger partial charge on any atom is 0.131 e. The minimum atomic E-state index is 0.358. The molecule has 0 bridgehead atoms. The third-order valence-electron chi connectivity index (χ3n) is 4.08. The number of nitrogen functional groups attached to an aromatic ring is 1. The summed E-state index contributed by atoms with van der Waals surface area (Å²) in [6, 6.07) is 6.83. The fourth-order valence-corrected chi connectivity index (χ4v) is 2.82. The topological polar surface area (TPSA) is 43.8 Å². The molecule has 0 aliphatic heterocycles. The lowest BCUT2D eigenvalue weighted by molar-refractivity contribution is 0.576. The number of hydrogen-bond acceptors (Lipinski definition) is 2. The van der Waals surface area contributed by atoms with E-state index in [1.54, 1.807) is 0 Å². The summed E-state index contributed by atoms with van der Waals surface area (Å²) >= 11 is 0. The van der Waals surface area contributed by atoms with Gasteiger partial charge in [-0.25, -0.2) is 4.98 Å². The van der Waals surface area contributed by atoms with Crippen LogP contribution in [0.5, 0.6) is 0 Å². The van der Waals surface area contributed by atoms with E-state index >= 15 is 0 Å². The summed E-state index contributed by atoms with van der Waals surface area (Å²) in [5.74, 6) is 2.60. The van der Waals surface area contributed by atoms with E-state index < -0.39 is 0 Å². The van der Waals surface area contributed by atoms with E-state index in [1.807, 2.05) is 0 Å². The van der Waals surface area contributed by atoms with Crippen LogP contribution in [0.25, 0.3) is 11.3 Å². The molecule has 3 heteroatoms. The van der Waals surface area contributed by atoms with Gasteiger partial charge in [-0.05, 0) is 52.2 Å². The second-order valence-electron chi connectivity index (χ2n) is 6.26. The number of nitrogens with zero attached hydrogens (tertiary/aromatic N) is 2. The molecule has 1 aromatic heterocycles. The van der Waals surface area contributed by atoms with Gasteiger partial charge in [0, 0.05) is 17.5 Å². The van der Waals surface area contributed by atoms with Gasteiger partial charge in [0.25, 0.3) is 0 Å². The molecule has 0 unspecified atom stereocenters.